The molecular formula is C15H19NO. The molecule has 2 heteroatoms. The van der Waals surface area contributed by atoms with Crippen LogP contribution in [-0.2, 0) is 6.54 Å². The molecule has 2 aromatic rings. The molecule has 0 spiro atoms. The predicted octanol–water partition coefficient (Wildman–Crippen LogP) is 3.21. The van der Waals surface area contributed by atoms with Crippen LogP contribution >= 0.6 is 0 Å². The second-order valence-corrected chi connectivity index (χ2v) is 4.73. The van der Waals surface area contributed by atoms with Crippen LogP contribution in [0, 0.1) is 13.8 Å². The number of benzene rings is 1. The quantitative estimate of drug-likeness (QED) is 0.859. The fraction of sp³-hybridized carbons (Fsp3) is 0.333. The lowest BCUT2D eigenvalue weighted by Gasteiger charge is -2.12. The summed E-state index contributed by atoms with van der Waals surface area (Å²) in [6, 6.07) is 10.5. The molecule has 0 amide bonds. The molecule has 1 aromatic heterocycles. The Hall–Kier alpha value is -1.54. The maximum absolute atomic E-state index is 9.66. The molecule has 0 radical (unpaired) electrons. The first kappa shape index (κ1) is 11.9. The van der Waals surface area contributed by atoms with Crippen LogP contribution in [0.4, 0.5) is 0 Å². The number of aliphatic hydroxyl groups is 1. The summed E-state index contributed by atoms with van der Waals surface area (Å²) in [5.74, 6) is 0. The Morgan fingerprint density at radius 1 is 1.18 bits per heavy atom. The molecule has 1 aromatic carbocycles. The standard InChI is InChI=1S/C15H19NO/c1-11-7-12(2)9-14(8-11)10-16-6-4-5-15(16)13(3)17/h4-9,13,17H,10H2,1-3H3. The van der Waals surface area contributed by atoms with Gasteiger partial charge in [0.05, 0.1) is 6.10 Å². The zero-order chi connectivity index (χ0) is 12.4. The van der Waals surface area contributed by atoms with E-state index >= 15 is 0 Å². The smallest absolute Gasteiger partial charge is 0.0911 e. The third-order valence-electron chi connectivity index (χ3n) is 2.93. The first-order valence-corrected chi connectivity index (χ1v) is 5.96. The Balaban J connectivity index is 2.28. The van der Waals surface area contributed by atoms with E-state index in [4.69, 9.17) is 0 Å². The molecule has 1 unspecified atom stereocenters. The topological polar surface area (TPSA) is 25.2 Å². The zero-order valence-electron chi connectivity index (χ0n) is 10.6. The number of aliphatic hydroxyl groups excluding tert-OH is 1. The SMILES string of the molecule is Cc1cc(C)cc(Cn2cccc2C(C)O)c1. The average molecular weight is 229 g/mol. The van der Waals surface area contributed by atoms with Crippen molar-refractivity contribution in [3.8, 4) is 0 Å². The molecule has 1 N–H and O–H groups in total. The van der Waals surface area contributed by atoms with E-state index in [9.17, 15) is 5.11 Å². The van der Waals surface area contributed by atoms with Crippen LogP contribution in [0.25, 0.3) is 0 Å². The largest absolute Gasteiger partial charge is 0.387 e. The molecule has 2 nitrogen and oxygen atoms in total. The number of rotatable bonds is 3. The molecule has 0 saturated heterocycles. The second kappa shape index (κ2) is 4.76. The van der Waals surface area contributed by atoms with Crippen molar-refractivity contribution in [1.29, 1.82) is 0 Å². The van der Waals surface area contributed by atoms with E-state index in [1.54, 1.807) is 6.92 Å². The molecule has 0 aliphatic carbocycles. The Morgan fingerprint density at radius 3 is 2.41 bits per heavy atom. The van der Waals surface area contributed by atoms with Gasteiger partial charge in [-0.05, 0) is 38.5 Å². The van der Waals surface area contributed by atoms with Crippen LogP contribution in [0.15, 0.2) is 36.5 Å². The van der Waals surface area contributed by atoms with Crippen LogP contribution in [0.1, 0.15) is 35.4 Å². The van der Waals surface area contributed by atoms with Crippen molar-refractivity contribution >= 4 is 0 Å². The Kier molecular flexibility index (Phi) is 3.34. The number of nitrogens with zero attached hydrogens (tertiary/aromatic N) is 1. The summed E-state index contributed by atoms with van der Waals surface area (Å²) in [5.41, 5.74) is 4.81. The predicted molar refractivity (Wildman–Crippen MR) is 70.1 cm³/mol. The van der Waals surface area contributed by atoms with Crippen molar-refractivity contribution in [2.24, 2.45) is 0 Å². The van der Waals surface area contributed by atoms with Gasteiger partial charge < -0.3 is 9.67 Å². The van der Waals surface area contributed by atoms with Gasteiger partial charge in [-0.1, -0.05) is 29.3 Å². The number of aromatic nitrogens is 1. The van der Waals surface area contributed by atoms with Gasteiger partial charge in [0.25, 0.3) is 0 Å². The van der Waals surface area contributed by atoms with Crippen LogP contribution < -0.4 is 0 Å². The van der Waals surface area contributed by atoms with Gasteiger partial charge in [0.2, 0.25) is 0 Å². The summed E-state index contributed by atoms with van der Waals surface area (Å²) in [5, 5.41) is 9.66. The molecule has 0 fully saturated rings. The van der Waals surface area contributed by atoms with E-state index in [1.807, 2.05) is 18.3 Å². The molecule has 1 atom stereocenters. The minimum absolute atomic E-state index is 0.420. The van der Waals surface area contributed by atoms with Gasteiger partial charge in [-0.15, -0.1) is 0 Å². The summed E-state index contributed by atoms with van der Waals surface area (Å²) < 4.78 is 2.10. The van der Waals surface area contributed by atoms with Gasteiger partial charge in [0.1, 0.15) is 0 Å². The highest BCUT2D eigenvalue weighted by Crippen LogP contribution is 2.16. The molecule has 2 rings (SSSR count). The van der Waals surface area contributed by atoms with Gasteiger partial charge in [0, 0.05) is 18.4 Å². The van der Waals surface area contributed by atoms with Crippen molar-refractivity contribution in [2.45, 2.75) is 33.4 Å². The maximum atomic E-state index is 9.66. The minimum Gasteiger partial charge on any atom is -0.387 e. The van der Waals surface area contributed by atoms with Crippen molar-refractivity contribution in [3.63, 3.8) is 0 Å². The summed E-state index contributed by atoms with van der Waals surface area (Å²) in [4.78, 5) is 0. The lowest BCUT2D eigenvalue weighted by Crippen LogP contribution is -2.06. The Morgan fingerprint density at radius 2 is 1.82 bits per heavy atom. The summed E-state index contributed by atoms with van der Waals surface area (Å²) in [6.45, 7) is 6.84. The minimum atomic E-state index is -0.420. The van der Waals surface area contributed by atoms with E-state index in [0.29, 0.717) is 0 Å². The van der Waals surface area contributed by atoms with Crippen LogP contribution in [0.5, 0.6) is 0 Å². The van der Waals surface area contributed by atoms with E-state index in [-0.39, 0.29) is 0 Å². The summed E-state index contributed by atoms with van der Waals surface area (Å²) >= 11 is 0. The third-order valence-corrected chi connectivity index (χ3v) is 2.93. The molecule has 1 heterocycles. The fourth-order valence-electron chi connectivity index (χ4n) is 2.31. The molecule has 0 saturated carbocycles. The monoisotopic (exact) mass is 229 g/mol. The maximum Gasteiger partial charge on any atom is 0.0911 e. The molecule has 0 bridgehead atoms. The normalized spacial score (nSPS) is 12.7. The van der Waals surface area contributed by atoms with Crippen LogP contribution in [0.2, 0.25) is 0 Å². The van der Waals surface area contributed by atoms with E-state index in [0.717, 1.165) is 12.2 Å². The van der Waals surface area contributed by atoms with E-state index in [1.165, 1.54) is 16.7 Å². The Bertz CT molecular complexity index is 491. The lowest BCUT2D eigenvalue weighted by molar-refractivity contribution is 0.190. The Labute approximate surface area is 103 Å². The highest BCUT2D eigenvalue weighted by atomic mass is 16.3. The highest BCUT2D eigenvalue weighted by Gasteiger charge is 2.07. The van der Waals surface area contributed by atoms with Crippen LogP contribution in [0.3, 0.4) is 0 Å². The summed E-state index contributed by atoms with van der Waals surface area (Å²) in [7, 11) is 0. The van der Waals surface area contributed by atoms with Gasteiger partial charge in [0.15, 0.2) is 0 Å². The zero-order valence-corrected chi connectivity index (χ0v) is 10.6. The highest BCUT2D eigenvalue weighted by molar-refractivity contribution is 5.29. The van der Waals surface area contributed by atoms with Crippen LogP contribution in [-0.4, -0.2) is 9.67 Å². The van der Waals surface area contributed by atoms with Gasteiger partial charge >= 0.3 is 0 Å². The molecule has 17 heavy (non-hydrogen) atoms. The lowest BCUT2D eigenvalue weighted by atomic mass is 10.1. The average Bonchev–Trinajstić information content (AvgIpc) is 2.63. The molecule has 0 aliphatic rings. The van der Waals surface area contributed by atoms with Crippen molar-refractivity contribution < 1.29 is 5.11 Å². The first-order valence-electron chi connectivity index (χ1n) is 5.96. The van der Waals surface area contributed by atoms with Crippen molar-refractivity contribution in [2.75, 3.05) is 0 Å². The van der Waals surface area contributed by atoms with Gasteiger partial charge in [-0.3, -0.25) is 0 Å². The fourth-order valence-corrected chi connectivity index (χ4v) is 2.31. The number of hydrogen-bond acceptors (Lipinski definition) is 1. The molecule has 0 aliphatic heterocycles. The summed E-state index contributed by atoms with van der Waals surface area (Å²) in [6.07, 6.45) is 1.59. The van der Waals surface area contributed by atoms with E-state index in [2.05, 4.69) is 36.6 Å². The third kappa shape index (κ3) is 2.77. The second-order valence-electron chi connectivity index (χ2n) is 4.73. The van der Waals surface area contributed by atoms with Gasteiger partial charge in [-0.2, -0.15) is 0 Å². The van der Waals surface area contributed by atoms with Gasteiger partial charge in [-0.25, -0.2) is 0 Å². The first-order chi connectivity index (χ1) is 8.06. The van der Waals surface area contributed by atoms with Crippen molar-refractivity contribution in [3.05, 3.63) is 58.9 Å². The molecule has 90 valence electrons. The molecular weight excluding hydrogens is 210 g/mol. The van der Waals surface area contributed by atoms with Crippen molar-refractivity contribution in [1.82, 2.24) is 4.57 Å². The number of aryl methyl sites for hydroxylation is 2. The number of hydrogen-bond donors (Lipinski definition) is 1. The van der Waals surface area contributed by atoms with E-state index < -0.39 is 6.10 Å².